The van der Waals surface area contributed by atoms with Gasteiger partial charge in [-0.05, 0) is 56.9 Å². The first-order chi connectivity index (χ1) is 15.5. The summed E-state index contributed by atoms with van der Waals surface area (Å²) >= 11 is 0. The molecule has 0 aromatic heterocycles. The molecule has 1 aliphatic rings. The number of benzene rings is 1. The molecule has 0 fully saturated rings. The van der Waals surface area contributed by atoms with Crippen LogP contribution in [0.15, 0.2) is 30.1 Å². The SMILES string of the molecule is CC(C)CNC(=O)CN1CCc2cc(OC/C(=C\F)CNC(=O)OC(C)(C)C)ccc2C1=O. The third-order valence-electron chi connectivity index (χ3n) is 4.72. The molecule has 1 aromatic rings. The van der Waals surface area contributed by atoms with Crippen molar-refractivity contribution in [2.45, 2.75) is 46.6 Å². The van der Waals surface area contributed by atoms with Gasteiger partial charge in [0.15, 0.2) is 0 Å². The van der Waals surface area contributed by atoms with Crippen LogP contribution in [-0.2, 0) is 16.0 Å². The predicted octanol–water partition coefficient (Wildman–Crippen LogP) is 3.21. The Morgan fingerprint density at radius 3 is 2.61 bits per heavy atom. The molecular weight excluding hydrogens is 429 g/mol. The van der Waals surface area contributed by atoms with Crippen molar-refractivity contribution in [3.63, 3.8) is 0 Å². The minimum absolute atomic E-state index is 0.0263. The Hall–Kier alpha value is -3.10. The van der Waals surface area contributed by atoms with Gasteiger partial charge in [-0.3, -0.25) is 9.59 Å². The maximum Gasteiger partial charge on any atom is 0.407 e. The van der Waals surface area contributed by atoms with Gasteiger partial charge in [-0.15, -0.1) is 0 Å². The lowest BCUT2D eigenvalue weighted by molar-refractivity contribution is -0.122. The number of nitrogens with zero attached hydrogens (tertiary/aromatic N) is 1. The van der Waals surface area contributed by atoms with Crippen LogP contribution in [0.25, 0.3) is 0 Å². The number of rotatable bonds is 9. The van der Waals surface area contributed by atoms with E-state index < -0.39 is 11.7 Å². The first-order valence-electron chi connectivity index (χ1n) is 11.0. The van der Waals surface area contributed by atoms with Gasteiger partial charge >= 0.3 is 6.09 Å². The highest BCUT2D eigenvalue weighted by Crippen LogP contribution is 2.24. The molecule has 0 aliphatic carbocycles. The molecule has 8 nitrogen and oxygen atoms in total. The summed E-state index contributed by atoms with van der Waals surface area (Å²) in [5, 5.41) is 5.31. The first kappa shape index (κ1) is 26.2. The summed E-state index contributed by atoms with van der Waals surface area (Å²) in [5.41, 5.74) is 0.925. The van der Waals surface area contributed by atoms with Gasteiger partial charge < -0.3 is 25.0 Å². The van der Waals surface area contributed by atoms with Crippen molar-refractivity contribution in [2.24, 2.45) is 5.92 Å². The fourth-order valence-corrected chi connectivity index (χ4v) is 3.10. The summed E-state index contributed by atoms with van der Waals surface area (Å²) < 4.78 is 24.0. The average Bonchev–Trinajstić information content (AvgIpc) is 2.73. The Bertz CT molecular complexity index is 893. The van der Waals surface area contributed by atoms with Gasteiger partial charge in [0.1, 0.15) is 18.0 Å². The van der Waals surface area contributed by atoms with E-state index in [4.69, 9.17) is 9.47 Å². The highest BCUT2D eigenvalue weighted by molar-refractivity contribution is 5.98. The van der Waals surface area contributed by atoms with Gasteiger partial charge in [-0.1, -0.05) is 13.8 Å². The standard InChI is InChI=1S/C24H34FN3O5/c1-16(2)12-26-21(29)14-28-9-8-18-10-19(6-7-20(18)22(28)30)32-15-17(11-25)13-27-23(31)33-24(3,4)5/h6-7,10-11,16H,8-9,12-15H2,1-5H3,(H,26,29)(H,27,31)/b17-11-. The van der Waals surface area contributed by atoms with E-state index >= 15 is 0 Å². The Labute approximate surface area is 194 Å². The van der Waals surface area contributed by atoms with E-state index in [1.54, 1.807) is 39.0 Å². The molecule has 9 heteroatoms. The molecule has 1 aliphatic heterocycles. The van der Waals surface area contributed by atoms with Gasteiger partial charge in [0.2, 0.25) is 5.91 Å². The number of hydrogen-bond acceptors (Lipinski definition) is 5. The Morgan fingerprint density at radius 2 is 1.97 bits per heavy atom. The van der Waals surface area contributed by atoms with Crippen LogP contribution in [0.4, 0.5) is 9.18 Å². The van der Waals surface area contributed by atoms with E-state index in [2.05, 4.69) is 10.6 Å². The number of ether oxygens (including phenoxy) is 2. The van der Waals surface area contributed by atoms with Crippen molar-refractivity contribution >= 4 is 17.9 Å². The van der Waals surface area contributed by atoms with Crippen LogP contribution in [0.3, 0.4) is 0 Å². The van der Waals surface area contributed by atoms with Crippen molar-refractivity contribution in [3.8, 4) is 5.75 Å². The van der Waals surface area contributed by atoms with E-state index in [1.807, 2.05) is 13.8 Å². The van der Waals surface area contributed by atoms with E-state index in [1.165, 1.54) is 4.90 Å². The molecule has 0 radical (unpaired) electrons. The predicted molar refractivity (Wildman–Crippen MR) is 123 cm³/mol. The van der Waals surface area contributed by atoms with E-state index in [9.17, 15) is 18.8 Å². The summed E-state index contributed by atoms with van der Waals surface area (Å²) in [5.74, 6) is 0.451. The second kappa shape index (κ2) is 11.7. The lowest BCUT2D eigenvalue weighted by Crippen LogP contribution is -2.44. The lowest BCUT2D eigenvalue weighted by atomic mass is 9.98. The molecule has 182 valence electrons. The minimum atomic E-state index is -0.645. The topological polar surface area (TPSA) is 97.0 Å². The van der Waals surface area contributed by atoms with Gasteiger partial charge in [0.05, 0.1) is 12.9 Å². The molecule has 33 heavy (non-hydrogen) atoms. The second-order valence-corrected chi connectivity index (χ2v) is 9.41. The Morgan fingerprint density at radius 1 is 1.24 bits per heavy atom. The molecule has 1 aromatic carbocycles. The molecule has 1 heterocycles. The molecule has 0 unspecified atom stereocenters. The van der Waals surface area contributed by atoms with Gasteiger partial charge in [0, 0.05) is 30.8 Å². The smallest absolute Gasteiger partial charge is 0.407 e. The third kappa shape index (κ3) is 8.75. The monoisotopic (exact) mass is 463 g/mol. The molecule has 0 bridgehead atoms. The van der Waals surface area contributed by atoms with Crippen LogP contribution in [-0.4, -0.2) is 61.2 Å². The number of halogens is 1. The molecular formula is C24H34FN3O5. The quantitative estimate of drug-likeness (QED) is 0.586. The summed E-state index contributed by atoms with van der Waals surface area (Å²) in [6.45, 7) is 10.1. The zero-order chi connectivity index (χ0) is 24.6. The van der Waals surface area contributed by atoms with E-state index in [0.29, 0.717) is 43.1 Å². The van der Waals surface area contributed by atoms with Crippen LogP contribution < -0.4 is 15.4 Å². The number of amides is 3. The van der Waals surface area contributed by atoms with Crippen LogP contribution in [0.1, 0.15) is 50.5 Å². The van der Waals surface area contributed by atoms with Crippen molar-refractivity contribution < 1.29 is 28.2 Å². The maximum absolute atomic E-state index is 13.2. The van der Waals surface area contributed by atoms with Gasteiger partial charge in [0.25, 0.3) is 5.91 Å². The number of carbonyl (C=O) groups is 3. The van der Waals surface area contributed by atoms with Crippen molar-refractivity contribution in [2.75, 3.05) is 32.8 Å². The zero-order valence-corrected chi connectivity index (χ0v) is 20.0. The van der Waals surface area contributed by atoms with Crippen LogP contribution in [0.5, 0.6) is 5.75 Å². The number of nitrogens with one attached hydrogen (secondary N) is 2. The Kier molecular flexibility index (Phi) is 9.25. The number of alkyl carbamates (subject to hydrolysis) is 1. The van der Waals surface area contributed by atoms with Crippen molar-refractivity contribution in [3.05, 3.63) is 41.2 Å². The highest BCUT2D eigenvalue weighted by Gasteiger charge is 2.26. The summed E-state index contributed by atoms with van der Waals surface area (Å²) in [7, 11) is 0. The highest BCUT2D eigenvalue weighted by atomic mass is 19.1. The maximum atomic E-state index is 13.2. The molecule has 2 N–H and O–H groups in total. The number of fused-ring (bicyclic) bond motifs is 1. The fourth-order valence-electron chi connectivity index (χ4n) is 3.10. The van der Waals surface area contributed by atoms with Gasteiger partial charge in [-0.25, -0.2) is 9.18 Å². The van der Waals surface area contributed by atoms with Crippen molar-refractivity contribution in [1.29, 1.82) is 0 Å². The number of carbonyl (C=O) groups excluding carboxylic acids is 3. The molecule has 0 saturated carbocycles. The van der Waals surface area contributed by atoms with Crippen LogP contribution >= 0.6 is 0 Å². The van der Waals surface area contributed by atoms with E-state index in [-0.39, 0.29) is 37.1 Å². The normalized spacial score (nSPS) is 14.1. The van der Waals surface area contributed by atoms with Crippen LogP contribution in [0, 0.1) is 5.92 Å². The second-order valence-electron chi connectivity index (χ2n) is 9.41. The van der Waals surface area contributed by atoms with E-state index in [0.717, 1.165) is 5.56 Å². The largest absolute Gasteiger partial charge is 0.489 e. The molecule has 0 spiro atoms. The summed E-state index contributed by atoms with van der Waals surface area (Å²) in [6.07, 6.45) is 0.333. The minimum Gasteiger partial charge on any atom is -0.489 e. The fraction of sp³-hybridized carbons (Fsp3) is 0.542. The molecule has 0 atom stereocenters. The summed E-state index contributed by atoms with van der Waals surface area (Å²) in [4.78, 5) is 38.1. The zero-order valence-electron chi connectivity index (χ0n) is 20.0. The lowest BCUT2D eigenvalue weighted by Gasteiger charge is -2.28. The molecule has 2 rings (SSSR count). The average molecular weight is 464 g/mol. The van der Waals surface area contributed by atoms with Crippen molar-refractivity contribution in [1.82, 2.24) is 15.5 Å². The van der Waals surface area contributed by atoms with Crippen LogP contribution in [0.2, 0.25) is 0 Å². The first-order valence-corrected chi connectivity index (χ1v) is 11.0. The number of hydrogen-bond donors (Lipinski definition) is 2. The summed E-state index contributed by atoms with van der Waals surface area (Å²) in [6, 6.07) is 5.04. The molecule has 3 amide bonds. The third-order valence-corrected chi connectivity index (χ3v) is 4.72. The molecule has 0 saturated heterocycles. The Balaban J connectivity index is 1.89. The van der Waals surface area contributed by atoms with Gasteiger partial charge in [-0.2, -0.15) is 0 Å².